The summed E-state index contributed by atoms with van der Waals surface area (Å²) in [5.74, 6) is 0.866. The molecule has 1 amide bonds. The van der Waals surface area contributed by atoms with Gasteiger partial charge in [0.05, 0.1) is 0 Å². The first-order chi connectivity index (χ1) is 7.70. The number of hydrogen-bond donors (Lipinski definition) is 2. The van der Waals surface area contributed by atoms with Crippen molar-refractivity contribution in [3.63, 3.8) is 0 Å². The fourth-order valence-electron chi connectivity index (χ4n) is 2.95. The van der Waals surface area contributed by atoms with E-state index in [2.05, 4.69) is 5.32 Å². The molecule has 2 N–H and O–H groups in total. The molecule has 0 aromatic rings. The Balaban J connectivity index is 1.64. The highest BCUT2D eigenvalue weighted by atomic mass is 16.4. The van der Waals surface area contributed by atoms with E-state index >= 15 is 0 Å². The highest BCUT2D eigenvalue weighted by Gasteiger charge is 2.54. The van der Waals surface area contributed by atoms with Crippen molar-refractivity contribution >= 4 is 11.9 Å². The highest BCUT2D eigenvalue weighted by Crippen LogP contribution is 2.55. The number of carbonyl (C=O) groups excluding carboxylic acids is 1. The van der Waals surface area contributed by atoms with E-state index in [-0.39, 0.29) is 18.2 Å². The Labute approximate surface area is 95.4 Å². The molecule has 2 unspecified atom stereocenters. The normalized spacial score (nSPS) is 31.6. The molecule has 4 heteroatoms. The molecule has 0 radical (unpaired) electrons. The lowest BCUT2D eigenvalue weighted by atomic mass is 10.0. The van der Waals surface area contributed by atoms with Crippen molar-refractivity contribution in [2.45, 2.75) is 38.5 Å². The van der Waals surface area contributed by atoms with Crippen LogP contribution in [0.4, 0.5) is 0 Å². The molecule has 2 rings (SSSR count). The lowest BCUT2D eigenvalue weighted by Gasteiger charge is -2.04. The lowest BCUT2D eigenvalue weighted by molar-refractivity contribution is -0.137. The number of amides is 1. The zero-order valence-electron chi connectivity index (χ0n) is 9.45. The summed E-state index contributed by atoms with van der Waals surface area (Å²) in [5.41, 5.74) is 0. The second-order valence-electron chi connectivity index (χ2n) is 4.93. The zero-order valence-corrected chi connectivity index (χ0v) is 9.45. The van der Waals surface area contributed by atoms with Gasteiger partial charge in [-0.3, -0.25) is 9.59 Å². The van der Waals surface area contributed by atoms with Crippen LogP contribution < -0.4 is 5.32 Å². The molecule has 2 aliphatic carbocycles. The monoisotopic (exact) mass is 225 g/mol. The summed E-state index contributed by atoms with van der Waals surface area (Å²) < 4.78 is 0. The van der Waals surface area contributed by atoms with Gasteiger partial charge in [-0.2, -0.15) is 0 Å². The summed E-state index contributed by atoms with van der Waals surface area (Å²) in [6.45, 7) is 0.501. The van der Waals surface area contributed by atoms with E-state index in [1.807, 2.05) is 0 Å². The number of carboxylic acid groups (broad SMARTS) is 1. The van der Waals surface area contributed by atoms with Crippen molar-refractivity contribution in [1.29, 1.82) is 0 Å². The van der Waals surface area contributed by atoms with Crippen LogP contribution in [0.15, 0.2) is 0 Å². The fraction of sp³-hybridized carbons (Fsp3) is 0.833. The van der Waals surface area contributed by atoms with E-state index < -0.39 is 5.97 Å². The third kappa shape index (κ3) is 2.54. The molecule has 2 atom stereocenters. The number of fused-ring (bicyclic) bond motifs is 1. The minimum atomic E-state index is -0.797. The number of aliphatic carboxylic acids is 1. The minimum Gasteiger partial charge on any atom is -0.481 e. The first-order valence-electron chi connectivity index (χ1n) is 6.19. The molecule has 0 aromatic carbocycles. The van der Waals surface area contributed by atoms with Gasteiger partial charge >= 0.3 is 5.97 Å². The number of nitrogens with one attached hydrogen (secondary N) is 1. The molecule has 16 heavy (non-hydrogen) atoms. The molecule has 2 aliphatic rings. The van der Waals surface area contributed by atoms with Gasteiger partial charge in [0, 0.05) is 18.9 Å². The summed E-state index contributed by atoms with van der Waals surface area (Å²) in [6, 6.07) is 0. The Hall–Kier alpha value is -1.06. The van der Waals surface area contributed by atoms with Crippen LogP contribution in [0.2, 0.25) is 0 Å². The Morgan fingerprint density at radius 3 is 2.38 bits per heavy atom. The van der Waals surface area contributed by atoms with Crippen molar-refractivity contribution in [3.8, 4) is 0 Å². The molecule has 0 saturated heterocycles. The second kappa shape index (κ2) is 4.85. The number of rotatable bonds is 5. The molecular weight excluding hydrogens is 206 g/mol. The molecular formula is C12H19NO3. The summed E-state index contributed by atoms with van der Waals surface area (Å²) >= 11 is 0. The third-order valence-electron chi connectivity index (χ3n) is 3.83. The highest BCUT2D eigenvalue weighted by molar-refractivity contribution is 5.82. The van der Waals surface area contributed by atoms with Crippen LogP contribution in [0.1, 0.15) is 38.5 Å². The molecule has 0 spiro atoms. The predicted octanol–water partition coefficient (Wildman–Crippen LogP) is 1.40. The van der Waals surface area contributed by atoms with E-state index in [4.69, 9.17) is 5.11 Å². The van der Waals surface area contributed by atoms with Gasteiger partial charge in [0.1, 0.15) is 0 Å². The van der Waals surface area contributed by atoms with Crippen LogP contribution in [0.5, 0.6) is 0 Å². The van der Waals surface area contributed by atoms with Crippen LogP contribution >= 0.6 is 0 Å². The van der Waals surface area contributed by atoms with Crippen LogP contribution in [-0.2, 0) is 9.59 Å². The maximum absolute atomic E-state index is 11.8. The smallest absolute Gasteiger partial charge is 0.303 e. The Bertz CT molecular complexity index is 278. The largest absolute Gasteiger partial charge is 0.481 e. The molecule has 0 heterocycles. The quantitative estimate of drug-likeness (QED) is 0.695. The number of carbonyl (C=O) groups is 2. The van der Waals surface area contributed by atoms with Gasteiger partial charge in [-0.05, 0) is 31.1 Å². The summed E-state index contributed by atoms with van der Waals surface area (Å²) in [4.78, 5) is 22.0. The Morgan fingerprint density at radius 2 is 1.81 bits per heavy atom. The third-order valence-corrected chi connectivity index (χ3v) is 3.83. The average molecular weight is 225 g/mol. The summed E-state index contributed by atoms with van der Waals surface area (Å²) in [6.07, 6.45) is 5.62. The SMILES string of the molecule is O=C(O)CCCNC(=O)C1C2CCCCC21. The average Bonchev–Trinajstić information content (AvgIpc) is 2.98. The topological polar surface area (TPSA) is 66.4 Å². The van der Waals surface area contributed by atoms with Crippen LogP contribution in [0.3, 0.4) is 0 Å². The first kappa shape index (κ1) is 11.4. The predicted molar refractivity (Wildman–Crippen MR) is 58.8 cm³/mol. The fourth-order valence-corrected chi connectivity index (χ4v) is 2.95. The molecule has 2 fully saturated rings. The molecule has 0 bridgehead atoms. The summed E-state index contributed by atoms with van der Waals surface area (Å²) in [7, 11) is 0. The van der Waals surface area contributed by atoms with Crippen molar-refractivity contribution in [1.82, 2.24) is 5.32 Å². The first-order valence-corrected chi connectivity index (χ1v) is 6.19. The zero-order chi connectivity index (χ0) is 11.5. The van der Waals surface area contributed by atoms with Gasteiger partial charge < -0.3 is 10.4 Å². The molecule has 0 aromatic heterocycles. The Kier molecular flexibility index (Phi) is 3.46. The number of carboxylic acids is 1. The summed E-state index contributed by atoms with van der Waals surface area (Å²) in [5, 5.41) is 11.3. The molecule has 90 valence electrons. The van der Waals surface area contributed by atoms with Gasteiger partial charge in [0.2, 0.25) is 5.91 Å². The van der Waals surface area contributed by atoms with Crippen molar-refractivity contribution in [2.75, 3.05) is 6.54 Å². The van der Waals surface area contributed by atoms with Gasteiger partial charge in [-0.1, -0.05) is 12.8 Å². The Morgan fingerprint density at radius 1 is 1.19 bits per heavy atom. The minimum absolute atomic E-state index is 0.137. The van der Waals surface area contributed by atoms with Gasteiger partial charge in [0.15, 0.2) is 0 Å². The van der Waals surface area contributed by atoms with E-state index in [0.29, 0.717) is 24.8 Å². The van der Waals surface area contributed by atoms with Crippen molar-refractivity contribution in [2.24, 2.45) is 17.8 Å². The molecule has 4 nitrogen and oxygen atoms in total. The maximum atomic E-state index is 11.8. The molecule has 2 saturated carbocycles. The van der Waals surface area contributed by atoms with Gasteiger partial charge in [0.25, 0.3) is 0 Å². The second-order valence-corrected chi connectivity index (χ2v) is 4.93. The number of hydrogen-bond acceptors (Lipinski definition) is 2. The van der Waals surface area contributed by atoms with Gasteiger partial charge in [-0.25, -0.2) is 0 Å². The van der Waals surface area contributed by atoms with Crippen LogP contribution in [0, 0.1) is 17.8 Å². The standard InChI is InChI=1S/C12H19NO3/c14-10(15)6-3-7-13-12(16)11-8-4-1-2-5-9(8)11/h8-9,11H,1-7H2,(H,13,16)(H,14,15). The van der Waals surface area contributed by atoms with Gasteiger partial charge in [-0.15, -0.1) is 0 Å². The van der Waals surface area contributed by atoms with E-state index in [1.54, 1.807) is 0 Å². The maximum Gasteiger partial charge on any atom is 0.303 e. The van der Waals surface area contributed by atoms with Crippen molar-refractivity contribution < 1.29 is 14.7 Å². The van der Waals surface area contributed by atoms with E-state index in [9.17, 15) is 9.59 Å². The molecule has 0 aliphatic heterocycles. The van der Waals surface area contributed by atoms with Crippen LogP contribution in [-0.4, -0.2) is 23.5 Å². The van der Waals surface area contributed by atoms with Crippen LogP contribution in [0.25, 0.3) is 0 Å². The lowest BCUT2D eigenvalue weighted by Crippen LogP contribution is -2.27. The van der Waals surface area contributed by atoms with E-state index in [1.165, 1.54) is 25.7 Å². The van der Waals surface area contributed by atoms with E-state index in [0.717, 1.165) is 0 Å². The van der Waals surface area contributed by atoms with Crippen molar-refractivity contribution in [3.05, 3.63) is 0 Å².